The molecule has 1 aliphatic rings. The van der Waals surface area contributed by atoms with Crippen LogP contribution in [0.15, 0.2) is 22.5 Å². The van der Waals surface area contributed by atoms with Crippen LogP contribution < -0.4 is 0 Å². The molecule has 0 saturated heterocycles. The molecule has 0 bridgehead atoms. The summed E-state index contributed by atoms with van der Waals surface area (Å²) in [6.07, 6.45) is 3.51. The lowest BCUT2D eigenvalue weighted by molar-refractivity contribution is 0.102. The van der Waals surface area contributed by atoms with E-state index in [-0.39, 0.29) is 5.78 Å². The molecule has 0 amide bonds. The fourth-order valence-corrected chi connectivity index (χ4v) is 5.92. The number of ketones is 1. The van der Waals surface area contributed by atoms with Gasteiger partial charge in [0, 0.05) is 10.3 Å². The van der Waals surface area contributed by atoms with Crippen LogP contribution >= 0.6 is 34.4 Å². The van der Waals surface area contributed by atoms with Crippen LogP contribution in [0.1, 0.15) is 32.4 Å². The van der Waals surface area contributed by atoms with E-state index in [9.17, 15) is 4.79 Å². The third kappa shape index (κ3) is 2.49. The number of hydrogen-bond acceptors (Lipinski definition) is 6. The molecule has 3 aromatic rings. The predicted molar refractivity (Wildman–Crippen MR) is 93.6 cm³/mol. The van der Waals surface area contributed by atoms with Crippen molar-refractivity contribution in [3.8, 4) is 0 Å². The molecule has 0 spiro atoms. The lowest BCUT2D eigenvalue weighted by Gasteiger charge is -2.04. The van der Waals surface area contributed by atoms with Gasteiger partial charge in [0.1, 0.15) is 15.7 Å². The molecular weight excluding hydrogens is 332 g/mol. The second kappa shape index (κ2) is 5.76. The first-order valence-corrected chi connectivity index (χ1v) is 9.89. The van der Waals surface area contributed by atoms with Gasteiger partial charge in [-0.15, -0.1) is 22.7 Å². The monoisotopic (exact) mass is 346 g/mol. The van der Waals surface area contributed by atoms with Gasteiger partial charge < -0.3 is 0 Å². The maximum atomic E-state index is 12.2. The van der Waals surface area contributed by atoms with E-state index in [4.69, 9.17) is 0 Å². The summed E-state index contributed by atoms with van der Waals surface area (Å²) in [6, 6.07) is 3.80. The molecule has 112 valence electrons. The Labute approximate surface area is 140 Å². The number of fused-ring (bicyclic) bond motifs is 3. The van der Waals surface area contributed by atoms with Crippen LogP contribution in [-0.4, -0.2) is 21.5 Å². The second-order valence-electron chi connectivity index (χ2n) is 5.30. The van der Waals surface area contributed by atoms with Crippen LogP contribution in [0.3, 0.4) is 0 Å². The number of nitrogens with zero attached hydrogens (tertiary/aromatic N) is 2. The van der Waals surface area contributed by atoms with Crippen LogP contribution in [-0.2, 0) is 12.8 Å². The van der Waals surface area contributed by atoms with Crippen molar-refractivity contribution in [1.82, 2.24) is 9.97 Å². The molecule has 0 aromatic carbocycles. The van der Waals surface area contributed by atoms with E-state index in [1.807, 2.05) is 24.4 Å². The summed E-state index contributed by atoms with van der Waals surface area (Å²) in [5.74, 6) is 1.41. The summed E-state index contributed by atoms with van der Waals surface area (Å²) in [5.41, 5.74) is 1.42. The lowest BCUT2D eigenvalue weighted by atomic mass is 10.2. The Morgan fingerprint density at radius 3 is 3.09 bits per heavy atom. The number of aryl methyl sites for hydroxylation is 3. The third-order valence-corrected chi connectivity index (χ3v) is 6.85. The number of thioether (sulfide) groups is 1. The smallest absolute Gasteiger partial charge is 0.183 e. The number of carbonyl (C=O) groups excluding carboxylic acids is 1. The molecular formula is C16H14N2OS3. The van der Waals surface area contributed by atoms with E-state index in [1.165, 1.54) is 33.6 Å². The Kier molecular flexibility index (Phi) is 3.76. The Morgan fingerprint density at radius 2 is 2.27 bits per heavy atom. The molecule has 0 unspecified atom stereocenters. The van der Waals surface area contributed by atoms with Gasteiger partial charge in [-0.1, -0.05) is 17.8 Å². The van der Waals surface area contributed by atoms with Gasteiger partial charge >= 0.3 is 0 Å². The molecule has 0 N–H and O–H groups in total. The Balaban J connectivity index is 1.67. The highest BCUT2D eigenvalue weighted by atomic mass is 32.2. The summed E-state index contributed by atoms with van der Waals surface area (Å²) < 4.78 is 0. The molecule has 1 aliphatic carbocycles. The second-order valence-corrected chi connectivity index (χ2v) is 8.30. The molecule has 0 aliphatic heterocycles. The van der Waals surface area contributed by atoms with Crippen LogP contribution in [0.5, 0.6) is 0 Å². The average molecular weight is 347 g/mol. The van der Waals surface area contributed by atoms with Crippen molar-refractivity contribution in [1.29, 1.82) is 0 Å². The van der Waals surface area contributed by atoms with Crippen LogP contribution in [0.2, 0.25) is 0 Å². The largest absolute Gasteiger partial charge is 0.292 e. The van der Waals surface area contributed by atoms with Gasteiger partial charge in [-0.25, -0.2) is 9.97 Å². The number of carbonyl (C=O) groups is 1. The zero-order valence-electron chi connectivity index (χ0n) is 12.1. The summed E-state index contributed by atoms with van der Waals surface area (Å²) in [6.45, 7) is 1.93. The Morgan fingerprint density at radius 1 is 1.36 bits per heavy atom. The number of hydrogen-bond donors (Lipinski definition) is 0. The summed E-state index contributed by atoms with van der Waals surface area (Å²) in [4.78, 5) is 24.8. The molecule has 0 saturated carbocycles. The molecule has 0 atom stereocenters. The predicted octanol–water partition coefficient (Wildman–Crippen LogP) is 4.52. The van der Waals surface area contributed by atoms with Crippen molar-refractivity contribution >= 4 is 50.4 Å². The van der Waals surface area contributed by atoms with Crippen LogP contribution in [0.4, 0.5) is 0 Å². The fourth-order valence-electron chi connectivity index (χ4n) is 2.81. The molecule has 3 heterocycles. The van der Waals surface area contributed by atoms with Crippen molar-refractivity contribution in [2.24, 2.45) is 0 Å². The van der Waals surface area contributed by atoms with Gasteiger partial charge in [-0.05, 0) is 43.2 Å². The van der Waals surface area contributed by atoms with Gasteiger partial charge in [-0.3, -0.25) is 4.79 Å². The zero-order chi connectivity index (χ0) is 15.1. The average Bonchev–Trinajstić information content (AvgIpc) is 3.19. The van der Waals surface area contributed by atoms with Crippen molar-refractivity contribution < 1.29 is 4.79 Å². The van der Waals surface area contributed by atoms with Crippen molar-refractivity contribution in [2.45, 2.75) is 31.2 Å². The highest BCUT2D eigenvalue weighted by molar-refractivity contribution is 8.00. The summed E-state index contributed by atoms with van der Waals surface area (Å²) in [5, 5.41) is 4.12. The molecule has 22 heavy (non-hydrogen) atoms. The van der Waals surface area contributed by atoms with Gasteiger partial charge in [0.2, 0.25) is 0 Å². The van der Waals surface area contributed by atoms with Crippen LogP contribution in [0.25, 0.3) is 10.2 Å². The Bertz CT molecular complexity index is 852. The van der Waals surface area contributed by atoms with E-state index >= 15 is 0 Å². The first-order chi connectivity index (χ1) is 10.7. The minimum atomic E-state index is 0.177. The molecule has 0 radical (unpaired) electrons. The van der Waals surface area contributed by atoms with E-state index in [0.29, 0.717) is 5.75 Å². The summed E-state index contributed by atoms with van der Waals surface area (Å²) in [7, 11) is 0. The SMILES string of the molecule is Cc1nc(SCC(=O)c2cccs2)c2c3c(sc2n1)CCC3. The topological polar surface area (TPSA) is 42.9 Å². The van der Waals surface area contributed by atoms with Gasteiger partial charge in [0.05, 0.1) is 10.6 Å². The number of aromatic nitrogens is 2. The van der Waals surface area contributed by atoms with E-state index in [2.05, 4.69) is 9.97 Å². The zero-order valence-corrected chi connectivity index (χ0v) is 14.5. The minimum Gasteiger partial charge on any atom is -0.292 e. The molecule has 3 nitrogen and oxygen atoms in total. The number of Topliss-reactive ketones (excluding diaryl/α,β-unsaturated/α-hetero) is 1. The van der Waals surface area contributed by atoms with E-state index < -0.39 is 0 Å². The van der Waals surface area contributed by atoms with Crippen molar-refractivity contribution in [2.75, 3.05) is 5.75 Å². The van der Waals surface area contributed by atoms with Crippen molar-refractivity contribution in [3.63, 3.8) is 0 Å². The van der Waals surface area contributed by atoms with E-state index in [1.54, 1.807) is 23.1 Å². The standard InChI is InChI=1S/C16H14N2OS3/c1-9-17-15(21-8-11(19)13-6-3-7-20-13)14-10-4-2-5-12(10)22-16(14)18-9/h3,6-7H,2,4-5,8H2,1H3. The highest BCUT2D eigenvalue weighted by Crippen LogP contribution is 2.40. The number of thiophene rings is 2. The summed E-state index contributed by atoms with van der Waals surface area (Å²) >= 11 is 4.85. The highest BCUT2D eigenvalue weighted by Gasteiger charge is 2.22. The molecule has 0 fully saturated rings. The van der Waals surface area contributed by atoms with Crippen LogP contribution in [0, 0.1) is 6.92 Å². The first kappa shape index (κ1) is 14.4. The minimum absolute atomic E-state index is 0.177. The maximum Gasteiger partial charge on any atom is 0.183 e. The third-order valence-electron chi connectivity index (χ3n) is 3.78. The first-order valence-electron chi connectivity index (χ1n) is 7.21. The van der Waals surface area contributed by atoms with Crippen molar-refractivity contribution in [3.05, 3.63) is 38.7 Å². The molecule has 4 rings (SSSR count). The molecule has 6 heteroatoms. The quantitative estimate of drug-likeness (QED) is 0.396. The van der Waals surface area contributed by atoms with E-state index in [0.717, 1.165) is 33.4 Å². The normalized spacial score (nSPS) is 13.7. The molecule has 3 aromatic heterocycles. The van der Waals surface area contributed by atoms with Gasteiger partial charge in [0.25, 0.3) is 0 Å². The van der Waals surface area contributed by atoms with Gasteiger partial charge in [-0.2, -0.15) is 0 Å². The fraction of sp³-hybridized carbons (Fsp3) is 0.312. The van der Waals surface area contributed by atoms with Gasteiger partial charge in [0.15, 0.2) is 5.78 Å². The Hall–Kier alpha value is -1.24. The lowest BCUT2D eigenvalue weighted by Crippen LogP contribution is -2.01. The number of rotatable bonds is 4. The maximum absolute atomic E-state index is 12.2.